The molecule has 1 spiro atoms. The Morgan fingerprint density at radius 3 is 2.89 bits per heavy atom. The number of carbonyl (C=O) groups excluding carboxylic acids is 1. The van der Waals surface area contributed by atoms with Crippen LogP contribution in [0.4, 0.5) is 0 Å². The number of thiophene rings is 1. The van der Waals surface area contributed by atoms with Gasteiger partial charge in [-0.25, -0.2) is 4.68 Å². The largest absolute Gasteiger partial charge is 0.381 e. The highest BCUT2D eigenvalue weighted by molar-refractivity contribution is 7.12. The van der Waals surface area contributed by atoms with E-state index in [-0.39, 0.29) is 23.6 Å². The zero-order valence-corrected chi connectivity index (χ0v) is 22.4. The van der Waals surface area contributed by atoms with Gasteiger partial charge in [-0.05, 0) is 69.4 Å². The number of amides is 1. The Balaban J connectivity index is 0.981. The number of hydrogen-bond donors (Lipinski definition) is 1. The maximum absolute atomic E-state index is 12.7. The molecule has 1 aliphatic carbocycles. The quantitative estimate of drug-likeness (QED) is 0.634. The molecule has 196 valence electrons. The predicted octanol–water partition coefficient (Wildman–Crippen LogP) is 3.71. The minimum atomic E-state index is -0.0995. The second kappa shape index (κ2) is 10.2. The van der Waals surface area contributed by atoms with Crippen molar-refractivity contribution in [3.05, 3.63) is 33.3 Å². The summed E-state index contributed by atoms with van der Waals surface area (Å²) in [5, 5.41) is 11.5. The van der Waals surface area contributed by atoms with Crippen molar-refractivity contribution >= 4 is 17.2 Å². The molecule has 9 heteroatoms. The normalized spacial score (nSPS) is 31.2. The predicted molar refractivity (Wildman–Crippen MR) is 138 cm³/mol. The number of ether oxygens (including phenoxy) is 2. The van der Waals surface area contributed by atoms with E-state index in [4.69, 9.17) is 9.47 Å². The Morgan fingerprint density at radius 1 is 1.28 bits per heavy atom. The van der Waals surface area contributed by atoms with Crippen molar-refractivity contribution in [1.82, 2.24) is 25.2 Å². The summed E-state index contributed by atoms with van der Waals surface area (Å²) < 4.78 is 13.8. The number of nitrogens with one attached hydrogen (secondary N) is 1. The third-order valence-electron chi connectivity index (χ3n) is 8.83. The summed E-state index contributed by atoms with van der Waals surface area (Å²) >= 11 is 2.00. The number of piperidine rings is 1. The second-order valence-corrected chi connectivity index (χ2v) is 12.5. The fraction of sp³-hybridized carbons (Fsp3) is 0.741. The molecule has 2 aromatic rings. The third kappa shape index (κ3) is 4.75. The van der Waals surface area contributed by atoms with Crippen LogP contribution in [0.3, 0.4) is 0 Å². The molecular weight excluding hydrogens is 474 g/mol. The number of hydrogen-bond acceptors (Lipinski definition) is 7. The van der Waals surface area contributed by atoms with Crippen molar-refractivity contribution in [3.8, 4) is 0 Å². The topological polar surface area (TPSA) is 81.5 Å². The molecule has 0 radical (unpaired) electrons. The molecule has 5 heterocycles. The van der Waals surface area contributed by atoms with Crippen LogP contribution in [0.2, 0.25) is 0 Å². The van der Waals surface area contributed by atoms with E-state index in [0.717, 1.165) is 84.3 Å². The zero-order valence-electron chi connectivity index (χ0n) is 21.6. The Labute approximate surface area is 217 Å². The molecule has 3 aliphatic heterocycles. The van der Waals surface area contributed by atoms with Gasteiger partial charge < -0.3 is 19.7 Å². The highest BCUT2D eigenvalue weighted by Crippen LogP contribution is 2.46. The summed E-state index contributed by atoms with van der Waals surface area (Å²) in [6.07, 6.45) is 10.1. The van der Waals surface area contributed by atoms with Crippen LogP contribution in [0.15, 0.2) is 12.3 Å². The van der Waals surface area contributed by atoms with Crippen LogP contribution in [-0.4, -0.2) is 70.8 Å². The monoisotopic (exact) mass is 513 g/mol. The van der Waals surface area contributed by atoms with Crippen LogP contribution in [0.1, 0.15) is 84.2 Å². The molecule has 1 saturated carbocycles. The molecule has 0 aromatic carbocycles. The maximum Gasteiger partial charge on any atom is 0.273 e. The Bertz CT molecular complexity index is 1070. The highest BCUT2D eigenvalue weighted by atomic mass is 32.1. The molecule has 0 unspecified atom stereocenters. The van der Waals surface area contributed by atoms with E-state index in [2.05, 4.69) is 40.4 Å². The minimum Gasteiger partial charge on any atom is -0.381 e. The standard InChI is InChI=1S/C27H39N5O3S/c1-3-22-14-23-25(36-22)6-11-35-27(23)7-8-31(18(2)15-27)16-19-12-20(13-19)28-26(33)24-17-32(30-29-24)21-4-9-34-10-5-21/h14,17-21H,3-13,15-16H2,1-2H3,(H,28,33)/t18-,19-,20+,27+/m0/s1. The molecule has 4 aliphatic rings. The second-order valence-electron chi connectivity index (χ2n) is 11.2. The van der Waals surface area contributed by atoms with Crippen molar-refractivity contribution < 1.29 is 14.3 Å². The van der Waals surface area contributed by atoms with Gasteiger partial charge in [-0.2, -0.15) is 0 Å². The first-order valence-electron chi connectivity index (χ1n) is 13.8. The summed E-state index contributed by atoms with van der Waals surface area (Å²) in [6, 6.07) is 3.46. The molecule has 0 bridgehead atoms. The summed E-state index contributed by atoms with van der Waals surface area (Å²) in [6.45, 7) is 9.16. The average molecular weight is 514 g/mol. The lowest BCUT2D eigenvalue weighted by molar-refractivity contribution is -0.114. The molecule has 2 atom stereocenters. The van der Waals surface area contributed by atoms with Crippen LogP contribution in [0, 0.1) is 5.92 Å². The van der Waals surface area contributed by atoms with E-state index in [9.17, 15) is 4.79 Å². The maximum atomic E-state index is 12.7. The molecule has 1 amide bonds. The van der Waals surface area contributed by atoms with E-state index in [1.807, 2.05) is 16.0 Å². The highest BCUT2D eigenvalue weighted by Gasteiger charge is 2.45. The lowest BCUT2D eigenvalue weighted by Crippen LogP contribution is -2.54. The van der Waals surface area contributed by atoms with Gasteiger partial charge in [-0.3, -0.25) is 4.79 Å². The van der Waals surface area contributed by atoms with E-state index in [1.54, 1.807) is 11.1 Å². The van der Waals surface area contributed by atoms with Gasteiger partial charge in [0.15, 0.2) is 5.69 Å². The van der Waals surface area contributed by atoms with Gasteiger partial charge in [0.25, 0.3) is 5.91 Å². The lowest BCUT2D eigenvalue weighted by atomic mass is 9.76. The summed E-state index contributed by atoms with van der Waals surface area (Å²) in [4.78, 5) is 18.4. The fourth-order valence-electron chi connectivity index (χ4n) is 6.65. The van der Waals surface area contributed by atoms with Crippen molar-refractivity contribution in [2.75, 3.05) is 32.9 Å². The molecule has 2 saturated heterocycles. The first-order chi connectivity index (χ1) is 17.5. The summed E-state index contributed by atoms with van der Waals surface area (Å²) in [7, 11) is 0. The van der Waals surface area contributed by atoms with Crippen LogP contribution in [0.5, 0.6) is 0 Å². The zero-order chi connectivity index (χ0) is 24.7. The number of likely N-dealkylation sites (tertiary alicyclic amines) is 1. The number of fused-ring (bicyclic) bond motifs is 2. The summed E-state index contributed by atoms with van der Waals surface area (Å²) in [5.74, 6) is 0.540. The number of aromatic nitrogens is 3. The first-order valence-corrected chi connectivity index (χ1v) is 14.6. The third-order valence-corrected chi connectivity index (χ3v) is 10.2. The fourth-order valence-corrected chi connectivity index (χ4v) is 7.83. The number of rotatable bonds is 6. The van der Waals surface area contributed by atoms with Gasteiger partial charge in [0, 0.05) is 54.6 Å². The number of aryl methyl sites for hydroxylation is 1. The van der Waals surface area contributed by atoms with Gasteiger partial charge >= 0.3 is 0 Å². The van der Waals surface area contributed by atoms with Crippen LogP contribution in [-0.2, 0) is 27.9 Å². The molecule has 36 heavy (non-hydrogen) atoms. The van der Waals surface area contributed by atoms with Crippen LogP contribution >= 0.6 is 11.3 Å². The SMILES string of the molecule is CCc1cc2c(s1)CCO[C@@]21CCN(C[C@H]2C[C@@H](NC(=O)c3cn(C4CCOCC4)nn3)C2)[C@@H](C)C1. The average Bonchev–Trinajstić information content (AvgIpc) is 3.53. The lowest BCUT2D eigenvalue weighted by Gasteiger charge is -2.49. The van der Waals surface area contributed by atoms with Crippen molar-refractivity contribution in [2.24, 2.45) is 5.92 Å². The molecule has 3 fully saturated rings. The van der Waals surface area contributed by atoms with E-state index >= 15 is 0 Å². The van der Waals surface area contributed by atoms with E-state index in [1.165, 1.54) is 10.4 Å². The van der Waals surface area contributed by atoms with E-state index in [0.29, 0.717) is 17.7 Å². The van der Waals surface area contributed by atoms with Crippen molar-refractivity contribution in [3.63, 3.8) is 0 Å². The van der Waals surface area contributed by atoms with Gasteiger partial charge in [-0.1, -0.05) is 12.1 Å². The number of carbonyl (C=O) groups is 1. The minimum absolute atomic E-state index is 0.0777. The molecule has 6 rings (SSSR count). The molecule has 2 aromatic heterocycles. The Morgan fingerprint density at radius 2 is 2.11 bits per heavy atom. The van der Waals surface area contributed by atoms with Gasteiger partial charge in [0.05, 0.1) is 24.4 Å². The first kappa shape index (κ1) is 24.5. The van der Waals surface area contributed by atoms with Crippen molar-refractivity contribution in [2.45, 2.75) is 88.9 Å². The van der Waals surface area contributed by atoms with Gasteiger partial charge in [0.1, 0.15) is 0 Å². The van der Waals surface area contributed by atoms with Crippen molar-refractivity contribution in [1.29, 1.82) is 0 Å². The smallest absolute Gasteiger partial charge is 0.273 e. The van der Waals surface area contributed by atoms with Crippen LogP contribution in [0.25, 0.3) is 0 Å². The van der Waals surface area contributed by atoms with E-state index < -0.39 is 0 Å². The molecule has 1 N–H and O–H groups in total. The van der Waals surface area contributed by atoms with Crippen LogP contribution < -0.4 is 5.32 Å². The molecular formula is C27H39N5O3S. The molecule has 8 nitrogen and oxygen atoms in total. The summed E-state index contributed by atoms with van der Waals surface area (Å²) in [5.41, 5.74) is 1.83. The Hall–Kier alpha value is -1.81. The Kier molecular flexibility index (Phi) is 6.92. The number of nitrogens with zero attached hydrogens (tertiary/aromatic N) is 4. The van der Waals surface area contributed by atoms with Gasteiger partial charge in [0.2, 0.25) is 0 Å². The van der Waals surface area contributed by atoms with Gasteiger partial charge in [-0.15, -0.1) is 16.4 Å².